The molecule has 6 heteroatoms. The summed E-state index contributed by atoms with van der Waals surface area (Å²) in [6.07, 6.45) is 0. The number of nitrogens with one attached hydrogen (secondary N) is 1. The van der Waals surface area contributed by atoms with Crippen LogP contribution in [0.2, 0.25) is 0 Å². The Morgan fingerprint density at radius 3 is 2.36 bits per heavy atom. The van der Waals surface area contributed by atoms with Crippen LogP contribution in [0.5, 0.6) is 0 Å². The van der Waals surface area contributed by atoms with Gasteiger partial charge in [0.2, 0.25) is 0 Å². The van der Waals surface area contributed by atoms with Gasteiger partial charge in [-0.25, -0.2) is 9.69 Å². The van der Waals surface area contributed by atoms with Gasteiger partial charge in [-0.15, -0.1) is 0 Å². The predicted octanol–water partition coefficient (Wildman–Crippen LogP) is -0.419. The van der Waals surface area contributed by atoms with Crippen LogP contribution in [0, 0.1) is 0 Å². The highest BCUT2D eigenvalue weighted by Crippen LogP contribution is 2.12. The van der Waals surface area contributed by atoms with E-state index in [1.807, 2.05) is 0 Å². The molecule has 0 radical (unpaired) electrons. The third kappa shape index (κ3) is 2.25. The zero-order valence-corrected chi connectivity index (χ0v) is 7.40. The first-order valence-corrected chi connectivity index (χ1v) is 3.95. The minimum Gasteiger partial charge on any atom is -0.293 e. The van der Waals surface area contributed by atoms with Crippen LogP contribution in [0.3, 0.4) is 0 Å². The van der Waals surface area contributed by atoms with E-state index in [4.69, 9.17) is 5.21 Å². The molecule has 0 aliphatic heterocycles. The topological polar surface area (TPSA) is 75.6 Å². The highest BCUT2D eigenvalue weighted by molar-refractivity contribution is 7.82. The quantitative estimate of drug-likeness (QED) is 0.458. The zero-order valence-electron chi connectivity index (χ0n) is 6.58. The van der Waals surface area contributed by atoms with Gasteiger partial charge < -0.3 is 0 Å². The summed E-state index contributed by atoms with van der Waals surface area (Å²) in [7, 11) is 1.22. The summed E-state index contributed by atoms with van der Waals surface area (Å²) in [6.45, 7) is 2.80. The SMILES string of the molecule is COS(=O)C(C)(C)C(=O)NO. The molecule has 1 amide bonds. The Morgan fingerprint density at radius 1 is 1.64 bits per heavy atom. The molecule has 0 fully saturated rings. The van der Waals surface area contributed by atoms with Crippen LogP contribution in [0.25, 0.3) is 0 Å². The third-order valence-electron chi connectivity index (χ3n) is 1.22. The van der Waals surface area contributed by atoms with Gasteiger partial charge in [-0.2, -0.15) is 0 Å². The molecule has 66 valence electrons. The monoisotopic (exact) mass is 181 g/mol. The van der Waals surface area contributed by atoms with Gasteiger partial charge >= 0.3 is 0 Å². The number of hydrogen-bond donors (Lipinski definition) is 2. The van der Waals surface area contributed by atoms with Gasteiger partial charge in [-0.05, 0) is 13.8 Å². The Labute approximate surface area is 67.4 Å². The maximum absolute atomic E-state index is 11.0. The highest BCUT2D eigenvalue weighted by Gasteiger charge is 2.35. The molecule has 0 spiro atoms. The number of carbonyl (C=O) groups excluding carboxylic acids is 1. The van der Waals surface area contributed by atoms with Crippen molar-refractivity contribution < 1.29 is 18.4 Å². The molecule has 0 aromatic heterocycles. The van der Waals surface area contributed by atoms with Crippen molar-refractivity contribution in [2.24, 2.45) is 0 Å². The van der Waals surface area contributed by atoms with Crippen LogP contribution in [0.1, 0.15) is 13.8 Å². The number of carbonyl (C=O) groups is 1. The standard InChI is InChI=1S/C5H11NO4S/c1-5(2,4(7)6-8)11(9)10-3/h8H,1-3H3,(H,6,7). The van der Waals surface area contributed by atoms with Gasteiger partial charge in [-0.3, -0.25) is 14.2 Å². The van der Waals surface area contributed by atoms with Crippen LogP contribution in [0.4, 0.5) is 0 Å². The van der Waals surface area contributed by atoms with E-state index in [1.165, 1.54) is 26.4 Å². The average Bonchev–Trinajstić information content (AvgIpc) is 2.01. The van der Waals surface area contributed by atoms with E-state index in [9.17, 15) is 9.00 Å². The van der Waals surface area contributed by atoms with Crippen LogP contribution in [-0.4, -0.2) is 27.2 Å². The van der Waals surface area contributed by atoms with E-state index in [0.717, 1.165) is 0 Å². The van der Waals surface area contributed by atoms with Crippen molar-refractivity contribution in [1.82, 2.24) is 5.48 Å². The first-order valence-electron chi connectivity index (χ1n) is 2.87. The van der Waals surface area contributed by atoms with Crippen LogP contribution >= 0.6 is 0 Å². The molecule has 0 bridgehead atoms. The number of hydrogen-bond acceptors (Lipinski definition) is 4. The maximum Gasteiger partial charge on any atom is 0.264 e. The normalized spacial score (nSPS) is 14.2. The van der Waals surface area contributed by atoms with Crippen molar-refractivity contribution in [3.05, 3.63) is 0 Å². The molecule has 11 heavy (non-hydrogen) atoms. The highest BCUT2D eigenvalue weighted by atomic mass is 32.2. The molecule has 0 aromatic carbocycles. The lowest BCUT2D eigenvalue weighted by molar-refractivity contribution is -0.131. The Bertz CT molecular complexity index is 161. The van der Waals surface area contributed by atoms with E-state index < -0.39 is 21.7 Å². The molecule has 5 nitrogen and oxygen atoms in total. The first kappa shape index (κ1) is 10.5. The zero-order chi connectivity index (χ0) is 9.07. The molecule has 2 N–H and O–H groups in total. The van der Waals surface area contributed by atoms with E-state index >= 15 is 0 Å². The fraction of sp³-hybridized carbons (Fsp3) is 0.800. The van der Waals surface area contributed by atoms with Crippen molar-refractivity contribution in [2.45, 2.75) is 18.6 Å². The first-order chi connectivity index (χ1) is 4.96. The lowest BCUT2D eigenvalue weighted by Crippen LogP contribution is -2.44. The fourth-order valence-corrected chi connectivity index (χ4v) is 1.03. The molecule has 0 saturated heterocycles. The molecule has 1 unspecified atom stereocenters. The lowest BCUT2D eigenvalue weighted by Gasteiger charge is -2.18. The molecule has 0 aliphatic rings. The molecule has 0 aliphatic carbocycles. The van der Waals surface area contributed by atoms with Crippen LogP contribution in [0.15, 0.2) is 0 Å². The van der Waals surface area contributed by atoms with Crippen LogP contribution in [-0.2, 0) is 20.1 Å². The lowest BCUT2D eigenvalue weighted by atomic mass is 10.2. The summed E-state index contributed by atoms with van der Waals surface area (Å²) < 4.78 is 14.2. The van der Waals surface area contributed by atoms with Crippen molar-refractivity contribution in [1.29, 1.82) is 0 Å². The second-order valence-electron chi connectivity index (χ2n) is 2.35. The largest absolute Gasteiger partial charge is 0.293 e. The second-order valence-corrected chi connectivity index (χ2v) is 4.18. The van der Waals surface area contributed by atoms with Gasteiger partial charge in [0.15, 0.2) is 11.1 Å². The summed E-state index contributed by atoms with van der Waals surface area (Å²) in [5.41, 5.74) is 1.41. The molecular formula is C5H11NO4S. The Hall–Kier alpha value is -0.460. The summed E-state index contributed by atoms with van der Waals surface area (Å²) in [5.74, 6) is -0.738. The minimum atomic E-state index is -1.74. The molecular weight excluding hydrogens is 170 g/mol. The molecule has 0 saturated carbocycles. The van der Waals surface area contributed by atoms with Gasteiger partial charge in [0.05, 0.1) is 7.11 Å². The molecule has 0 heterocycles. The predicted molar refractivity (Wildman–Crippen MR) is 39.2 cm³/mol. The van der Waals surface area contributed by atoms with Crippen molar-refractivity contribution in [3.8, 4) is 0 Å². The minimum absolute atomic E-state index is 0.738. The maximum atomic E-state index is 11.0. The van der Waals surface area contributed by atoms with E-state index in [0.29, 0.717) is 0 Å². The second kappa shape index (κ2) is 3.80. The molecule has 0 rings (SSSR count). The number of amides is 1. The van der Waals surface area contributed by atoms with E-state index in [1.54, 1.807) is 0 Å². The van der Waals surface area contributed by atoms with Crippen molar-refractivity contribution in [3.63, 3.8) is 0 Å². The Morgan fingerprint density at radius 2 is 2.09 bits per heavy atom. The fourth-order valence-electron chi connectivity index (χ4n) is 0.419. The summed E-state index contributed by atoms with van der Waals surface area (Å²) in [5, 5.41) is 8.23. The van der Waals surface area contributed by atoms with Gasteiger partial charge in [-0.1, -0.05) is 0 Å². The summed E-state index contributed by atoms with van der Waals surface area (Å²) in [4.78, 5) is 10.8. The van der Waals surface area contributed by atoms with E-state index in [2.05, 4.69) is 4.18 Å². The van der Waals surface area contributed by atoms with Crippen LogP contribution < -0.4 is 5.48 Å². The molecule has 0 aromatic rings. The third-order valence-corrected chi connectivity index (χ3v) is 2.54. The van der Waals surface area contributed by atoms with Crippen molar-refractivity contribution >= 4 is 17.0 Å². The average molecular weight is 181 g/mol. The number of rotatable bonds is 3. The van der Waals surface area contributed by atoms with E-state index in [-0.39, 0.29) is 0 Å². The summed E-state index contributed by atoms with van der Waals surface area (Å²) in [6, 6.07) is 0. The Balaban J connectivity index is 4.44. The Kier molecular flexibility index (Phi) is 3.64. The summed E-state index contributed by atoms with van der Waals surface area (Å²) >= 11 is -1.74. The van der Waals surface area contributed by atoms with Gasteiger partial charge in [0, 0.05) is 0 Å². The van der Waals surface area contributed by atoms with Gasteiger partial charge in [0.25, 0.3) is 5.91 Å². The van der Waals surface area contributed by atoms with Crippen molar-refractivity contribution in [2.75, 3.05) is 7.11 Å². The number of hydroxylamine groups is 1. The van der Waals surface area contributed by atoms with Gasteiger partial charge in [0.1, 0.15) is 4.75 Å². The molecule has 1 atom stereocenters. The smallest absolute Gasteiger partial charge is 0.264 e.